The second-order valence-electron chi connectivity index (χ2n) is 7.08. The van der Waals surface area contributed by atoms with Gasteiger partial charge in [-0.1, -0.05) is 24.3 Å². The fourth-order valence-electron chi connectivity index (χ4n) is 4.10. The van der Waals surface area contributed by atoms with Crippen molar-refractivity contribution in [1.82, 2.24) is 10.2 Å². The van der Waals surface area contributed by atoms with Crippen LogP contribution in [-0.2, 0) is 16.0 Å². The number of fused-ring (bicyclic) bond motifs is 3. The standard InChI is InChI=1S/C18H24N2O2/c1-11(2)20-7-8-22-15(10-20)18(21)19-17-14-9-12-5-3-4-6-13(12)16(14)17/h3-6,11,14-17H,7-10H2,1-2H3,(H,19,21)/t14-,15-,16-,17+/m0/s1. The average molecular weight is 300 g/mol. The van der Waals surface area contributed by atoms with Crippen LogP contribution in [0.5, 0.6) is 0 Å². The number of hydrogen-bond acceptors (Lipinski definition) is 3. The topological polar surface area (TPSA) is 41.6 Å². The summed E-state index contributed by atoms with van der Waals surface area (Å²) in [5.41, 5.74) is 2.90. The molecule has 1 heterocycles. The van der Waals surface area contributed by atoms with Crippen molar-refractivity contribution in [2.75, 3.05) is 19.7 Å². The van der Waals surface area contributed by atoms with E-state index in [0.717, 1.165) is 13.0 Å². The lowest BCUT2D eigenvalue weighted by Crippen LogP contribution is -2.52. The van der Waals surface area contributed by atoms with Crippen LogP contribution in [0.3, 0.4) is 0 Å². The molecule has 0 unspecified atom stereocenters. The van der Waals surface area contributed by atoms with E-state index >= 15 is 0 Å². The van der Waals surface area contributed by atoms with E-state index in [1.165, 1.54) is 11.1 Å². The van der Waals surface area contributed by atoms with Gasteiger partial charge in [0.1, 0.15) is 6.10 Å². The quantitative estimate of drug-likeness (QED) is 0.921. The van der Waals surface area contributed by atoms with Crippen molar-refractivity contribution in [2.24, 2.45) is 5.92 Å². The summed E-state index contributed by atoms with van der Waals surface area (Å²) in [5.74, 6) is 1.21. The van der Waals surface area contributed by atoms with Crippen LogP contribution in [0.4, 0.5) is 0 Å². The lowest BCUT2D eigenvalue weighted by Gasteiger charge is -2.34. The molecule has 0 bridgehead atoms. The number of carbonyl (C=O) groups excluding carboxylic acids is 1. The number of hydrogen-bond donors (Lipinski definition) is 1. The summed E-state index contributed by atoms with van der Waals surface area (Å²) in [4.78, 5) is 14.8. The van der Waals surface area contributed by atoms with Crippen LogP contribution in [0, 0.1) is 5.92 Å². The molecule has 4 heteroatoms. The van der Waals surface area contributed by atoms with Gasteiger partial charge in [0.2, 0.25) is 0 Å². The highest BCUT2D eigenvalue weighted by atomic mass is 16.5. The van der Waals surface area contributed by atoms with Crippen molar-refractivity contribution in [3.63, 3.8) is 0 Å². The fraction of sp³-hybridized carbons (Fsp3) is 0.611. The summed E-state index contributed by atoms with van der Waals surface area (Å²) in [6.07, 6.45) is 0.794. The molecule has 1 aliphatic heterocycles. The summed E-state index contributed by atoms with van der Waals surface area (Å²) in [7, 11) is 0. The van der Waals surface area contributed by atoms with Gasteiger partial charge in [0.05, 0.1) is 6.61 Å². The van der Waals surface area contributed by atoms with Gasteiger partial charge in [-0.3, -0.25) is 9.69 Å². The van der Waals surface area contributed by atoms with Crippen LogP contribution < -0.4 is 5.32 Å². The number of nitrogens with zero attached hydrogens (tertiary/aromatic N) is 1. The first-order valence-electron chi connectivity index (χ1n) is 8.39. The van der Waals surface area contributed by atoms with Gasteiger partial charge in [0, 0.05) is 31.1 Å². The molecule has 3 aliphatic rings. The SMILES string of the molecule is CC(C)N1CCO[C@H](C(=O)N[C@@H]2[C@H]3Cc4ccccc4[C@@H]32)C1. The molecule has 0 aromatic heterocycles. The summed E-state index contributed by atoms with van der Waals surface area (Å²) < 4.78 is 5.69. The van der Waals surface area contributed by atoms with E-state index in [1.54, 1.807) is 0 Å². The van der Waals surface area contributed by atoms with Crippen LogP contribution in [0.2, 0.25) is 0 Å². The summed E-state index contributed by atoms with van der Waals surface area (Å²) in [6, 6.07) is 9.41. The van der Waals surface area contributed by atoms with E-state index in [1.807, 2.05) is 0 Å². The number of rotatable bonds is 3. The van der Waals surface area contributed by atoms with Crippen LogP contribution in [0.1, 0.15) is 30.9 Å². The molecule has 1 saturated carbocycles. The monoisotopic (exact) mass is 300 g/mol. The second-order valence-corrected chi connectivity index (χ2v) is 7.08. The Bertz CT molecular complexity index is 586. The Morgan fingerprint density at radius 1 is 1.36 bits per heavy atom. The van der Waals surface area contributed by atoms with Gasteiger partial charge in [0.25, 0.3) is 5.91 Å². The Morgan fingerprint density at radius 3 is 3.00 bits per heavy atom. The third-order valence-electron chi connectivity index (χ3n) is 5.47. The van der Waals surface area contributed by atoms with Gasteiger partial charge in [-0.15, -0.1) is 0 Å². The van der Waals surface area contributed by atoms with Crippen molar-refractivity contribution in [2.45, 2.75) is 44.4 Å². The highest BCUT2D eigenvalue weighted by Crippen LogP contribution is 2.56. The normalized spacial score (nSPS) is 33.4. The van der Waals surface area contributed by atoms with E-state index in [9.17, 15) is 4.79 Å². The van der Waals surface area contributed by atoms with Crippen LogP contribution >= 0.6 is 0 Å². The molecule has 1 amide bonds. The summed E-state index contributed by atoms with van der Waals surface area (Å²) in [5, 5.41) is 3.24. The van der Waals surface area contributed by atoms with Crippen LogP contribution in [-0.4, -0.2) is 48.7 Å². The van der Waals surface area contributed by atoms with E-state index in [0.29, 0.717) is 37.1 Å². The summed E-state index contributed by atoms with van der Waals surface area (Å²) in [6.45, 7) is 6.62. The predicted molar refractivity (Wildman–Crippen MR) is 84.8 cm³/mol. The lowest BCUT2D eigenvalue weighted by atomic mass is 10.1. The van der Waals surface area contributed by atoms with Crippen molar-refractivity contribution < 1.29 is 9.53 Å². The minimum atomic E-state index is -0.312. The highest BCUT2D eigenvalue weighted by Gasteiger charge is 2.56. The third kappa shape index (κ3) is 2.34. The molecule has 1 saturated heterocycles. The Kier molecular flexibility index (Phi) is 3.46. The number of benzene rings is 1. The number of morpholine rings is 1. The molecule has 1 N–H and O–H groups in total. The summed E-state index contributed by atoms with van der Waals surface area (Å²) >= 11 is 0. The molecule has 4 atom stereocenters. The minimum absolute atomic E-state index is 0.0715. The van der Waals surface area contributed by atoms with Gasteiger partial charge in [-0.05, 0) is 37.3 Å². The first-order valence-corrected chi connectivity index (χ1v) is 8.39. The molecule has 118 valence electrons. The number of nitrogens with one attached hydrogen (secondary N) is 1. The highest BCUT2D eigenvalue weighted by molar-refractivity contribution is 5.82. The average Bonchev–Trinajstić information content (AvgIpc) is 3.04. The zero-order chi connectivity index (χ0) is 15.3. The number of ether oxygens (including phenoxy) is 1. The lowest BCUT2D eigenvalue weighted by molar-refractivity contribution is -0.139. The molecule has 4 rings (SSSR count). The maximum absolute atomic E-state index is 12.5. The largest absolute Gasteiger partial charge is 0.366 e. The minimum Gasteiger partial charge on any atom is -0.366 e. The van der Waals surface area contributed by atoms with E-state index in [4.69, 9.17) is 4.74 Å². The Morgan fingerprint density at radius 2 is 2.18 bits per heavy atom. The van der Waals surface area contributed by atoms with Crippen molar-refractivity contribution in [3.8, 4) is 0 Å². The first-order chi connectivity index (χ1) is 10.6. The number of carbonyl (C=O) groups is 1. The van der Waals surface area contributed by atoms with Crippen LogP contribution in [0.15, 0.2) is 24.3 Å². The van der Waals surface area contributed by atoms with Gasteiger partial charge < -0.3 is 10.1 Å². The molecule has 4 nitrogen and oxygen atoms in total. The van der Waals surface area contributed by atoms with E-state index in [-0.39, 0.29) is 12.0 Å². The Hall–Kier alpha value is -1.39. The second kappa shape index (κ2) is 5.36. The smallest absolute Gasteiger partial charge is 0.250 e. The zero-order valence-electron chi connectivity index (χ0n) is 13.3. The molecular weight excluding hydrogens is 276 g/mol. The van der Waals surface area contributed by atoms with Crippen molar-refractivity contribution >= 4 is 5.91 Å². The Labute approximate surface area is 131 Å². The van der Waals surface area contributed by atoms with Crippen molar-refractivity contribution in [1.29, 1.82) is 0 Å². The molecule has 0 spiro atoms. The molecular formula is C18H24N2O2. The van der Waals surface area contributed by atoms with E-state index < -0.39 is 0 Å². The van der Waals surface area contributed by atoms with Gasteiger partial charge in [-0.2, -0.15) is 0 Å². The molecule has 2 fully saturated rings. The molecule has 1 aromatic carbocycles. The molecule has 1 aromatic rings. The number of amides is 1. The van der Waals surface area contributed by atoms with Crippen LogP contribution in [0.25, 0.3) is 0 Å². The maximum Gasteiger partial charge on any atom is 0.250 e. The molecule has 0 radical (unpaired) electrons. The van der Waals surface area contributed by atoms with Gasteiger partial charge in [-0.25, -0.2) is 0 Å². The van der Waals surface area contributed by atoms with Gasteiger partial charge in [0.15, 0.2) is 0 Å². The zero-order valence-corrected chi connectivity index (χ0v) is 13.3. The van der Waals surface area contributed by atoms with E-state index in [2.05, 4.69) is 48.3 Å². The predicted octanol–water partition coefficient (Wildman–Crippen LogP) is 1.55. The third-order valence-corrected chi connectivity index (χ3v) is 5.47. The fourth-order valence-corrected chi connectivity index (χ4v) is 4.10. The van der Waals surface area contributed by atoms with Crippen molar-refractivity contribution in [3.05, 3.63) is 35.4 Å². The first kappa shape index (κ1) is 14.2. The molecule has 2 aliphatic carbocycles. The Balaban J connectivity index is 1.37. The maximum atomic E-state index is 12.5. The van der Waals surface area contributed by atoms with Gasteiger partial charge >= 0.3 is 0 Å². The molecule has 22 heavy (non-hydrogen) atoms.